The van der Waals surface area contributed by atoms with Crippen LogP contribution in [0.3, 0.4) is 0 Å². The molecule has 154 valence electrons. The number of benzene rings is 1. The van der Waals surface area contributed by atoms with Crippen molar-refractivity contribution < 1.29 is 26.4 Å². The van der Waals surface area contributed by atoms with E-state index in [-0.39, 0.29) is 42.5 Å². The molecule has 1 aliphatic rings. The number of carbonyl (C=O) groups is 1. The number of aromatic nitrogens is 1. The Balaban J connectivity index is 1.61. The zero-order chi connectivity index (χ0) is 21.1. The van der Waals surface area contributed by atoms with Crippen LogP contribution in [0.4, 0.5) is 13.2 Å². The minimum atomic E-state index is -4.45. The molecule has 3 rings (SSSR count). The van der Waals surface area contributed by atoms with Gasteiger partial charge in [-0.2, -0.15) is 17.5 Å². The van der Waals surface area contributed by atoms with E-state index in [0.717, 1.165) is 12.1 Å². The summed E-state index contributed by atoms with van der Waals surface area (Å²) in [7, 11) is -3.68. The normalized spacial score (nSPS) is 16.3. The van der Waals surface area contributed by atoms with Crippen LogP contribution in [0.2, 0.25) is 0 Å². The van der Waals surface area contributed by atoms with Gasteiger partial charge in [0, 0.05) is 44.6 Å². The fourth-order valence-corrected chi connectivity index (χ4v) is 4.28. The second kappa shape index (κ2) is 8.34. The third-order valence-corrected chi connectivity index (χ3v) is 6.34. The second-order valence-corrected chi connectivity index (χ2v) is 8.31. The summed E-state index contributed by atoms with van der Waals surface area (Å²) < 4.78 is 64.7. The largest absolute Gasteiger partial charge is 0.416 e. The van der Waals surface area contributed by atoms with Crippen molar-refractivity contribution in [2.24, 2.45) is 0 Å². The van der Waals surface area contributed by atoms with Crippen LogP contribution in [-0.2, 0) is 21.0 Å². The summed E-state index contributed by atoms with van der Waals surface area (Å²) in [5.74, 6) is -0.388. The molecule has 1 aliphatic heterocycles. The van der Waals surface area contributed by atoms with Gasteiger partial charge in [-0.25, -0.2) is 8.42 Å². The number of nitrogens with zero attached hydrogens (tertiary/aromatic N) is 3. The van der Waals surface area contributed by atoms with Gasteiger partial charge in [-0.15, -0.1) is 0 Å². The maximum atomic E-state index is 12.8. The van der Waals surface area contributed by atoms with Crippen molar-refractivity contribution in [2.45, 2.75) is 11.1 Å². The highest BCUT2D eigenvalue weighted by atomic mass is 32.2. The van der Waals surface area contributed by atoms with Crippen molar-refractivity contribution >= 4 is 22.0 Å². The highest BCUT2D eigenvalue weighted by Crippen LogP contribution is 2.29. The average Bonchev–Trinajstić information content (AvgIpc) is 2.72. The SMILES string of the molecule is O=C(/C=C/c1cccc(C(F)(F)F)c1)N1CCN(S(=O)(=O)c2cccnc2)CC1. The molecule has 2 heterocycles. The maximum Gasteiger partial charge on any atom is 0.416 e. The molecule has 0 unspecified atom stereocenters. The number of halogens is 3. The Morgan fingerprint density at radius 3 is 2.41 bits per heavy atom. The number of alkyl halides is 3. The summed E-state index contributed by atoms with van der Waals surface area (Å²) in [5, 5.41) is 0. The van der Waals surface area contributed by atoms with E-state index in [1.807, 2.05) is 0 Å². The lowest BCUT2D eigenvalue weighted by atomic mass is 10.1. The number of hydrogen-bond donors (Lipinski definition) is 0. The van der Waals surface area contributed by atoms with Crippen molar-refractivity contribution in [2.75, 3.05) is 26.2 Å². The summed E-state index contributed by atoms with van der Waals surface area (Å²) >= 11 is 0. The highest BCUT2D eigenvalue weighted by Gasteiger charge is 2.31. The number of sulfonamides is 1. The van der Waals surface area contributed by atoms with Crippen LogP contribution < -0.4 is 0 Å². The molecule has 0 spiro atoms. The van der Waals surface area contributed by atoms with Crippen LogP contribution in [0.15, 0.2) is 59.8 Å². The highest BCUT2D eigenvalue weighted by molar-refractivity contribution is 7.89. The number of pyridine rings is 1. The predicted octanol–water partition coefficient (Wildman–Crippen LogP) is 2.65. The molecule has 0 saturated carbocycles. The zero-order valence-corrected chi connectivity index (χ0v) is 16.0. The van der Waals surface area contributed by atoms with E-state index in [4.69, 9.17) is 0 Å². The van der Waals surface area contributed by atoms with E-state index in [1.54, 1.807) is 0 Å². The molecular weight excluding hydrogens is 407 g/mol. The monoisotopic (exact) mass is 425 g/mol. The van der Waals surface area contributed by atoms with Crippen LogP contribution in [0, 0.1) is 0 Å². The molecule has 1 amide bonds. The van der Waals surface area contributed by atoms with Crippen molar-refractivity contribution in [3.63, 3.8) is 0 Å². The van der Waals surface area contributed by atoms with Crippen molar-refractivity contribution in [1.82, 2.24) is 14.2 Å². The van der Waals surface area contributed by atoms with Crippen LogP contribution in [-0.4, -0.2) is 54.7 Å². The van der Waals surface area contributed by atoms with E-state index in [1.165, 1.54) is 58.0 Å². The molecule has 29 heavy (non-hydrogen) atoms. The molecule has 0 bridgehead atoms. The first-order chi connectivity index (χ1) is 13.7. The molecule has 10 heteroatoms. The van der Waals surface area contributed by atoms with Gasteiger partial charge in [-0.05, 0) is 35.9 Å². The zero-order valence-electron chi connectivity index (χ0n) is 15.2. The first-order valence-electron chi connectivity index (χ1n) is 8.72. The summed E-state index contributed by atoms with van der Waals surface area (Å²) in [6.45, 7) is 0.622. The minimum Gasteiger partial charge on any atom is -0.337 e. The second-order valence-electron chi connectivity index (χ2n) is 6.37. The first-order valence-corrected chi connectivity index (χ1v) is 10.2. The number of piperazine rings is 1. The molecule has 0 radical (unpaired) electrons. The van der Waals surface area contributed by atoms with Gasteiger partial charge in [-0.1, -0.05) is 12.1 Å². The number of amides is 1. The van der Waals surface area contributed by atoms with Crippen LogP contribution in [0.25, 0.3) is 6.08 Å². The van der Waals surface area contributed by atoms with E-state index < -0.39 is 21.8 Å². The van der Waals surface area contributed by atoms with E-state index >= 15 is 0 Å². The average molecular weight is 425 g/mol. The number of rotatable bonds is 4. The van der Waals surface area contributed by atoms with Gasteiger partial charge >= 0.3 is 6.18 Å². The molecule has 2 aromatic rings. The third-order valence-electron chi connectivity index (χ3n) is 4.45. The van der Waals surface area contributed by atoms with E-state index in [2.05, 4.69) is 4.98 Å². The predicted molar refractivity (Wildman–Crippen MR) is 100 cm³/mol. The first kappa shape index (κ1) is 21.0. The van der Waals surface area contributed by atoms with Gasteiger partial charge in [0.1, 0.15) is 4.90 Å². The Kier molecular flexibility index (Phi) is 6.04. The van der Waals surface area contributed by atoms with Crippen molar-refractivity contribution in [1.29, 1.82) is 0 Å². The maximum absolute atomic E-state index is 12.8. The standard InChI is InChI=1S/C19H18F3N3O3S/c20-19(21,22)16-4-1-3-15(13-16)6-7-18(26)24-9-11-25(12-10-24)29(27,28)17-5-2-8-23-14-17/h1-8,13-14H,9-12H2/b7-6+. The Morgan fingerprint density at radius 1 is 1.07 bits per heavy atom. The molecule has 0 atom stereocenters. The van der Waals surface area contributed by atoms with Crippen molar-refractivity contribution in [3.05, 3.63) is 66.0 Å². The molecule has 0 aliphatic carbocycles. The summed E-state index contributed by atoms with van der Waals surface area (Å²) in [6, 6.07) is 7.65. The quantitative estimate of drug-likeness (QED) is 0.707. The Bertz CT molecular complexity index is 1000. The molecular formula is C19H18F3N3O3S. The smallest absolute Gasteiger partial charge is 0.337 e. The summed E-state index contributed by atoms with van der Waals surface area (Å²) in [5.41, 5.74) is -0.535. The molecule has 1 saturated heterocycles. The van der Waals surface area contributed by atoms with Crippen LogP contribution in [0.1, 0.15) is 11.1 Å². The van der Waals surface area contributed by atoms with Gasteiger partial charge in [0.05, 0.1) is 5.56 Å². The van der Waals surface area contributed by atoms with Crippen LogP contribution in [0.5, 0.6) is 0 Å². The van der Waals surface area contributed by atoms with Gasteiger partial charge in [0.15, 0.2) is 0 Å². The molecule has 1 fully saturated rings. The third kappa shape index (κ3) is 5.01. The fourth-order valence-electron chi connectivity index (χ4n) is 2.89. The Hall–Kier alpha value is -2.72. The minimum absolute atomic E-state index is 0.0872. The van der Waals surface area contributed by atoms with Gasteiger partial charge in [0.2, 0.25) is 15.9 Å². The molecule has 0 N–H and O–H groups in total. The Morgan fingerprint density at radius 2 is 1.79 bits per heavy atom. The topological polar surface area (TPSA) is 70.6 Å². The number of hydrogen-bond acceptors (Lipinski definition) is 4. The van der Waals surface area contributed by atoms with Gasteiger partial charge in [-0.3, -0.25) is 9.78 Å². The molecule has 1 aromatic heterocycles. The molecule has 6 nitrogen and oxygen atoms in total. The summed E-state index contributed by atoms with van der Waals surface area (Å²) in [4.78, 5) is 17.7. The lowest BCUT2D eigenvalue weighted by molar-refractivity contribution is -0.137. The lowest BCUT2D eigenvalue weighted by Gasteiger charge is -2.33. The Labute approximate surface area is 166 Å². The lowest BCUT2D eigenvalue weighted by Crippen LogP contribution is -2.50. The summed E-state index contributed by atoms with van der Waals surface area (Å²) in [6.07, 6.45) is 0.804. The van der Waals surface area contributed by atoms with Crippen LogP contribution >= 0.6 is 0 Å². The van der Waals surface area contributed by atoms with E-state index in [0.29, 0.717) is 0 Å². The van der Waals surface area contributed by atoms with Gasteiger partial charge < -0.3 is 4.90 Å². The number of carbonyl (C=O) groups excluding carboxylic acids is 1. The van der Waals surface area contributed by atoms with Crippen molar-refractivity contribution in [3.8, 4) is 0 Å². The molecule has 1 aromatic carbocycles. The fraction of sp³-hybridized carbons (Fsp3) is 0.263. The van der Waals surface area contributed by atoms with E-state index in [9.17, 15) is 26.4 Å². The van der Waals surface area contributed by atoms with Gasteiger partial charge in [0.25, 0.3) is 0 Å².